The van der Waals surface area contributed by atoms with Gasteiger partial charge in [0, 0.05) is 24.6 Å². The Morgan fingerprint density at radius 3 is 2.78 bits per heavy atom. The topological polar surface area (TPSA) is 59.5 Å². The molecule has 1 saturated heterocycles. The van der Waals surface area contributed by atoms with Gasteiger partial charge < -0.3 is 9.64 Å². The van der Waals surface area contributed by atoms with Crippen LogP contribution in [0.2, 0.25) is 0 Å². The summed E-state index contributed by atoms with van der Waals surface area (Å²) in [5.74, 6) is 0.715. The van der Waals surface area contributed by atoms with E-state index < -0.39 is 0 Å². The van der Waals surface area contributed by atoms with Crippen molar-refractivity contribution in [3.05, 3.63) is 58.5 Å². The Morgan fingerprint density at radius 2 is 2.00 bits per heavy atom. The van der Waals surface area contributed by atoms with E-state index in [0.717, 1.165) is 29.4 Å². The number of fused-ring (bicyclic) bond motifs is 1. The Kier molecular flexibility index (Phi) is 4.90. The fourth-order valence-electron chi connectivity index (χ4n) is 3.59. The molecule has 1 amide bonds. The molecule has 0 saturated carbocycles. The zero-order valence-corrected chi connectivity index (χ0v) is 15.9. The molecule has 0 aliphatic carbocycles. The molecule has 27 heavy (non-hydrogen) atoms. The van der Waals surface area contributed by atoms with Crippen LogP contribution in [-0.2, 0) is 0 Å². The van der Waals surface area contributed by atoms with Crippen LogP contribution in [0.15, 0.2) is 48.1 Å². The number of rotatable bonds is 4. The maximum absolute atomic E-state index is 13.0. The second kappa shape index (κ2) is 7.48. The number of ether oxygens (including phenoxy) is 1. The minimum atomic E-state index is -0.161. The maximum Gasteiger partial charge on any atom is 0.265 e. The van der Waals surface area contributed by atoms with Crippen molar-refractivity contribution in [2.75, 3.05) is 20.2 Å². The number of carbonyl (C=O) groups is 2. The van der Waals surface area contributed by atoms with Crippen LogP contribution < -0.4 is 4.74 Å². The van der Waals surface area contributed by atoms with Crippen molar-refractivity contribution in [2.24, 2.45) is 5.92 Å². The first-order chi connectivity index (χ1) is 13.2. The van der Waals surface area contributed by atoms with Crippen molar-refractivity contribution in [2.45, 2.75) is 12.8 Å². The number of carbonyl (C=O) groups excluding carboxylic acids is 2. The fraction of sp³-hybridized carbons (Fsp3) is 0.286. The van der Waals surface area contributed by atoms with E-state index in [4.69, 9.17) is 4.74 Å². The van der Waals surface area contributed by atoms with E-state index in [9.17, 15) is 9.59 Å². The lowest BCUT2D eigenvalue weighted by Crippen LogP contribution is -2.42. The average Bonchev–Trinajstić information content (AvgIpc) is 3.27. The largest absolute Gasteiger partial charge is 0.497 e. The van der Waals surface area contributed by atoms with Gasteiger partial charge in [-0.25, -0.2) is 0 Å². The van der Waals surface area contributed by atoms with Crippen LogP contribution in [0.25, 0.3) is 10.8 Å². The third-order valence-corrected chi connectivity index (χ3v) is 5.82. The lowest BCUT2D eigenvalue weighted by Gasteiger charge is -2.31. The maximum atomic E-state index is 13.0. The first-order valence-corrected chi connectivity index (χ1v) is 9.83. The van der Waals surface area contributed by atoms with Gasteiger partial charge in [0.05, 0.1) is 18.8 Å². The van der Waals surface area contributed by atoms with Crippen LogP contribution in [0.4, 0.5) is 0 Å². The van der Waals surface area contributed by atoms with Gasteiger partial charge >= 0.3 is 0 Å². The van der Waals surface area contributed by atoms with E-state index in [1.165, 1.54) is 11.3 Å². The Bertz CT molecular complexity index is 984. The third kappa shape index (κ3) is 3.57. The second-order valence-electron chi connectivity index (χ2n) is 6.75. The van der Waals surface area contributed by atoms with Gasteiger partial charge in [0.1, 0.15) is 10.6 Å². The van der Waals surface area contributed by atoms with Crippen LogP contribution in [-0.4, -0.2) is 41.8 Å². The lowest BCUT2D eigenvalue weighted by molar-refractivity contribution is 0.0641. The number of nitrogens with zero attached hydrogens (tertiary/aromatic N) is 2. The van der Waals surface area contributed by atoms with E-state index in [2.05, 4.69) is 4.98 Å². The number of benzene rings is 2. The van der Waals surface area contributed by atoms with E-state index in [1.54, 1.807) is 23.7 Å². The van der Waals surface area contributed by atoms with Crippen LogP contribution in [0, 0.1) is 5.92 Å². The van der Waals surface area contributed by atoms with E-state index in [-0.39, 0.29) is 17.6 Å². The van der Waals surface area contributed by atoms with Crippen molar-refractivity contribution in [1.82, 2.24) is 9.88 Å². The van der Waals surface area contributed by atoms with Gasteiger partial charge in [-0.3, -0.25) is 14.6 Å². The van der Waals surface area contributed by atoms with Gasteiger partial charge in [-0.1, -0.05) is 18.2 Å². The van der Waals surface area contributed by atoms with Crippen molar-refractivity contribution in [1.29, 1.82) is 0 Å². The highest BCUT2D eigenvalue weighted by atomic mass is 32.1. The molecule has 0 spiro atoms. The number of methoxy groups -OCH3 is 1. The minimum absolute atomic E-state index is 0.0272. The van der Waals surface area contributed by atoms with Crippen LogP contribution in [0.5, 0.6) is 5.75 Å². The Morgan fingerprint density at radius 1 is 1.19 bits per heavy atom. The number of ketones is 1. The number of Topliss-reactive ketones (excluding diaryl/α,β-unsaturated/α-hetero) is 1. The molecule has 5 nitrogen and oxygen atoms in total. The minimum Gasteiger partial charge on any atom is -0.497 e. The van der Waals surface area contributed by atoms with Crippen LogP contribution >= 0.6 is 11.3 Å². The number of piperidine rings is 1. The van der Waals surface area contributed by atoms with Gasteiger partial charge in [-0.05, 0) is 41.8 Å². The third-order valence-electron chi connectivity index (χ3n) is 5.05. The summed E-state index contributed by atoms with van der Waals surface area (Å²) in [7, 11) is 1.64. The van der Waals surface area contributed by atoms with Crippen molar-refractivity contribution in [3.8, 4) is 5.75 Å². The molecule has 2 aromatic carbocycles. The predicted molar refractivity (Wildman–Crippen MR) is 106 cm³/mol. The lowest BCUT2D eigenvalue weighted by atomic mass is 9.89. The summed E-state index contributed by atoms with van der Waals surface area (Å²) in [5, 5.41) is 2.05. The van der Waals surface area contributed by atoms with Gasteiger partial charge in [0.15, 0.2) is 5.78 Å². The SMILES string of the molecule is COc1ccc2cc(C(=O)[C@H]3CCCN(C(=O)c4cncs4)C3)ccc2c1. The van der Waals surface area contributed by atoms with Crippen molar-refractivity contribution < 1.29 is 14.3 Å². The summed E-state index contributed by atoms with van der Waals surface area (Å²) in [5.41, 5.74) is 2.36. The first kappa shape index (κ1) is 17.7. The van der Waals surface area contributed by atoms with Gasteiger partial charge in [-0.2, -0.15) is 0 Å². The summed E-state index contributed by atoms with van der Waals surface area (Å²) in [6, 6.07) is 11.6. The summed E-state index contributed by atoms with van der Waals surface area (Å²) < 4.78 is 5.25. The number of hydrogen-bond acceptors (Lipinski definition) is 5. The van der Waals surface area contributed by atoms with Gasteiger partial charge in [0.25, 0.3) is 5.91 Å². The summed E-state index contributed by atoms with van der Waals surface area (Å²) in [4.78, 5) is 32.0. The molecule has 4 rings (SSSR count). The zero-order chi connectivity index (χ0) is 18.8. The molecular formula is C21H20N2O3S. The summed E-state index contributed by atoms with van der Waals surface area (Å²) >= 11 is 1.34. The molecule has 0 unspecified atom stereocenters. The molecule has 0 N–H and O–H groups in total. The molecule has 1 aliphatic heterocycles. The molecule has 0 radical (unpaired) electrons. The molecule has 138 valence electrons. The Labute approximate surface area is 161 Å². The summed E-state index contributed by atoms with van der Waals surface area (Å²) in [6.07, 6.45) is 3.24. The predicted octanol–water partition coefficient (Wildman–Crippen LogP) is 4.04. The monoisotopic (exact) mass is 380 g/mol. The van der Waals surface area contributed by atoms with E-state index >= 15 is 0 Å². The molecule has 6 heteroatoms. The Hall–Kier alpha value is -2.73. The molecule has 1 aliphatic rings. The number of thiazole rings is 1. The average molecular weight is 380 g/mol. The van der Waals surface area contributed by atoms with Crippen molar-refractivity contribution >= 4 is 33.8 Å². The molecule has 1 atom stereocenters. The zero-order valence-electron chi connectivity index (χ0n) is 15.1. The Balaban J connectivity index is 1.53. The molecule has 1 aromatic heterocycles. The number of likely N-dealkylation sites (tertiary alicyclic amines) is 1. The molecule has 0 bridgehead atoms. The van der Waals surface area contributed by atoms with Crippen LogP contribution in [0.1, 0.15) is 32.9 Å². The first-order valence-electron chi connectivity index (χ1n) is 8.95. The molecular weight excluding hydrogens is 360 g/mol. The summed E-state index contributed by atoms with van der Waals surface area (Å²) in [6.45, 7) is 1.16. The fourth-order valence-corrected chi connectivity index (χ4v) is 4.18. The molecule has 3 aromatic rings. The van der Waals surface area contributed by atoms with Crippen molar-refractivity contribution in [3.63, 3.8) is 0 Å². The second-order valence-corrected chi connectivity index (χ2v) is 7.63. The van der Waals surface area contributed by atoms with Gasteiger partial charge in [-0.15, -0.1) is 11.3 Å². The molecule has 1 fully saturated rings. The van der Waals surface area contributed by atoms with Crippen LogP contribution in [0.3, 0.4) is 0 Å². The number of amides is 1. The quantitative estimate of drug-likeness (QED) is 0.641. The smallest absolute Gasteiger partial charge is 0.265 e. The normalized spacial score (nSPS) is 17.1. The highest BCUT2D eigenvalue weighted by Crippen LogP contribution is 2.26. The van der Waals surface area contributed by atoms with Gasteiger partial charge in [0.2, 0.25) is 0 Å². The standard InChI is InChI=1S/C21H20N2O3S/c1-26-18-7-6-14-9-16(5-4-15(14)10-18)20(24)17-3-2-8-23(12-17)21(25)19-11-22-13-27-19/h4-7,9-11,13,17H,2-3,8,12H2,1H3/t17-/m0/s1. The van der Waals surface area contributed by atoms with E-state index in [1.807, 2.05) is 36.4 Å². The number of aromatic nitrogens is 1. The van der Waals surface area contributed by atoms with E-state index in [0.29, 0.717) is 23.5 Å². The number of hydrogen-bond donors (Lipinski definition) is 0. The highest BCUT2D eigenvalue weighted by Gasteiger charge is 2.30. The highest BCUT2D eigenvalue weighted by molar-refractivity contribution is 7.11. The molecule has 2 heterocycles.